The van der Waals surface area contributed by atoms with E-state index in [4.69, 9.17) is 5.11 Å². The van der Waals surface area contributed by atoms with Crippen LogP contribution in [0.1, 0.15) is 10.4 Å². The number of benzene rings is 1. The van der Waals surface area contributed by atoms with Gasteiger partial charge in [-0.1, -0.05) is 6.07 Å². The van der Waals surface area contributed by atoms with Gasteiger partial charge in [-0.05, 0) is 23.9 Å². The van der Waals surface area contributed by atoms with Gasteiger partial charge in [0.1, 0.15) is 11.4 Å². The summed E-state index contributed by atoms with van der Waals surface area (Å²) in [5, 5.41) is 13.0. The number of thioether (sulfide) groups is 1. The van der Waals surface area contributed by atoms with Gasteiger partial charge in [0, 0.05) is 12.3 Å². The van der Waals surface area contributed by atoms with E-state index in [1.807, 2.05) is 0 Å². The summed E-state index contributed by atoms with van der Waals surface area (Å²) in [5.74, 6) is -3.00. The van der Waals surface area contributed by atoms with Crippen LogP contribution < -0.4 is 10.6 Å². The van der Waals surface area contributed by atoms with E-state index in [1.54, 1.807) is 0 Å². The highest BCUT2D eigenvalue weighted by Crippen LogP contribution is 2.29. The number of amides is 2. The number of urea groups is 1. The van der Waals surface area contributed by atoms with Gasteiger partial charge in [0.25, 0.3) is 0 Å². The highest BCUT2D eigenvalue weighted by Gasteiger charge is 2.27. The van der Waals surface area contributed by atoms with Gasteiger partial charge >= 0.3 is 17.5 Å². The fourth-order valence-electron chi connectivity index (χ4n) is 1.34. The number of hydrogen-bond acceptors (Lipinski definition) is 3. The molecule has 0 radical (unpaired) electrons. The Labute approximate surface area is 120 Å². The molecular formula is C11H10F4N2O3S. The third-order valence-corrected chi connectivity index (χ3v) is 2.86. The topological polar surface area (TPSA) is 78.4 Å². The molecular weight excluding hydrogens is 316 g/mol. The van der Waals surface area contributed by atoms with E-state index in [0.29, 0.717) is 0 Å². The number of carbonyl (C=O) groups is 2. The molecule has 0 unspecified atom stereocenters. The van der Waals surface area contributed by atoms with Crippen molar-refractivity contribution in [3.05, 3.63) is 29.6 Å². The molecule has 0 aromatic heterocycles. The molecule has 1 aromatic rings. The van der Waals surface area contributed by atoms with E-state index in [9.17, 15) is 27.2 Å². The number of carboxylic acids is 1. The lowest BCUT2D eigenvalue weighted by molar-refractivity contribution is -0.0327. The second-order valence-corrected chi connectivity index (χ2v) is 4.80. The Bertz CT molecular complexity index is 537. The molecule has 0 atom stereocenters. The molecule has 0 heterocycles. The Kier molecular flexibility index (Phi) is 5.82. The van der Waals surface area contributed by atoms with Crippen LogP contribution in [0.5, 0.6) is 0 Å². The summed E-state index contributed by atoms with van der Waals surface area (Å²) in [6, 6.07) is 2.34. The van der Waals surface area contributed by atoms with Crippen LogP contribution in [-0.4, -0.2) is 34.9 Å². The number of anilines is 1. The molecule has 1 aromatic carbocycles. The molecule has 0 saturated carbocycles. The second-order valence-electron chi connectivity index (χ2n) is 3.64. The molecule has 0 saturated heterocycles. The molecule has 2 amide bonds. The first kappa shape index (κ1) is 17.1. The molecule has 116 valence electrons. The summed E-state index contributed by atoms with van der Waals surface area (Å²) in [5.41, 5.74) is -5.40. The largest absolute Gasteiger partial charge is 0.478 e. The highest BCUT2D eigenvalue weighted by molar-refractivity contribution is 8.00. The average molecular weight is 326 g/mol. The zero-order valence-corrected chi connectivity index (χ0v) is 11.1. The number of carboxylic acid groups (broad SMARTS) is 1. The number of carbonyl (C=O) groups excluding carboxylic acids is 1. The van der Waals surface area contributed by atoms with Crippen molar-refractivity contribution in [2.45, 2.75) is 5.51 Å². The van der Waals surface area contributed by atoms with Crippen molar-refractivity contribution in [1.82, 2.24) is 5.32 Å². The van der Waals surface area contributed by atoms with Crippen LogP contribution in [0.2, 0.25) is 0 Å². The van der Waals surface area contributed by atoms with Crippen molar-refractivity contribution in [2.75, 3.05) is 17.6 Å². The van der Waals surface area contributed by atoms with E-state index in [0.717, 1.165) is 12.1 Å². The smallest absolute Gasteiger partial charge is 0.441 e. The van der Waals surface area contributed by atoms with Gasteiger partial charge in [-0.2, -0.15) is 13.2 Å². The predicted molar refractivity (Wildman–Crippen MR) is 68.9 cm³/mol. The van der Waals surface area contributed by atoms with Crippen LogP contribution in [0.15, 0.2) is 18.2 Å². The molecule has 21 heavy (non-hydrogen) atoms. The fourth-order valence-corrected chi connectivity index (χ4v) is 1.78. The Morgan fingerprint density at radius 3 is 2.52 bits per heavy atom. The maximum Gasteiger partial charge on any atom is 0.441 e. The number of nitrogens with one attached hydrogen (secondary N) is 2. The van der Waals surface area contributed by atoms with Gasteiger partial charge in [0.2, 0.25) is 0 Å². The molecule has 0 aliphatic rings. The minimum atomic E-state index is -4.39. The molecule has 10 heteroatoms. The third-order valence-electron chi connectivity index (χ3n) is 2.13. The first-order valence-corrected chi connectivity index (χ1v) is 6.46. The van der Waals surface area contributed by atoms with Crippen LogP contribution >= 0.6 is 11.8 Å². The lowest BCUT2D eigenvalue weighted by Crippen LogP contribution is -2.31. The van der Waals surface area contributed by atoms with E-state index < -0.39 is 34.6 Å². The summed E-state index contributed by atoms with van der Waals surface area (Å²) >= 11 is -0.304. The van der Waals surface area contributed by atoms with E-state index in [2.05, 4.69) is 10.6 Å². The molecule has 1 rings (SSSR count). The Hall–Kier alpha value is -1.97. The van der Waals surface area contributed by atoms with Gasteiger partial charge in [0.15, 0.2) is 0 Å². The summed E-state index contributed by atoms with van der Waals surface area (Å²) in [6.45, 7) is -0.284. The zero-order chi connectivity index (χ0) is 16.0. The summed E-state index contributed by atoms with van der Waals surface area (Å²) in [7, 11) is 0. The normalized spacial score (nSPS) is 11.0. The number of aromatic carboxylic acids is 1. The molecule has 0 aliphatic heterocycles. The number of alkyl halides is 3. The number of rotatable bonds is 5. The van der Waals surface area contributed by atoms with E-state index in [1.165, 1.54) is 6.07 Å². The summed E-state index contributed by atoms with van der Waals surface area (Å²) < 4.78 is 48.8. The number of hydrogen-bond donors (Lipinski definition) is 3. The highest BCUT2D eigenvalue weighted by atomic mass is 32.2. The van der Waals surface area contributed by atoms with Gasteiger partial charge < -0.3 is 15.7 Å². The third kappa shape index (κ3) is 5.90. The summed E-state index contributed by atoms with van der Waals surface area (Å²) in [4.78, 5) is 22.2. The maximum atomic E-state index is 13.3. The van der Waals surface area contributed by atoms with Crippen molar-refractivity contribution in [1.29, 1.82) is 0 Å². The molecule has 0 fully saturated rings. The molecule has 0 spiro atoms. The lowest BCUT2D eigenvalue weighted by Gasteiger charge is -2.10. The Morgan fingerprint density at radius 2 is 1.95 bits per heavy atom. The lowest BCUT2D eigenvalue weighted by atomic mass is 10.1. The zero-order valence-electron chi connectivity index (χ0n) is 10.3. The van der Waals surface area contributed by atoms with E-state index >= 15 is 0 Å². The van der Waals surface area contributed by atoms with Crippen molar-refractivity contribution in [3.63, 3.8) is 0 Å². The van der Waals surface area contributed by atoms with Crippen LogP contribution in [0, 0.1) is 5.82 Å². The van der Waals surface area contributed by atoms with Crippen LogP contribution in [0.3, 0.4) is 0 Å². The summed E-state index contributed by atoms with van der Waals surface area (Å²) in [6.07, 6.45) is 0. The average Bonchev–Trinajstić information content (AvgIpc) is 2.33. The minimum Gasteiger partial charge on any atom is -0.478 e. The molecule has 0 bridgehead atoms. The predicted octanol–water partition coefficient (Wildman–Crippen LogP) is 2.90. The first-order chi connectivity index (χ1) is 9.70. The van der Waals surface area contributed by atoms with Crippen molar-refractivity contribution >= 4 is 29.4 Å². The fraction of sp³-hybridized carbons (Fsp3) is 0.273. The van der Waals surface area contributed by atoms with Crippen molar-refractivity contribution < 1.29 is 32.3 Å². The van der Waals surface area contributed by atoms with Gasteiger partial charge in [0.05, 0.1) is 5.69 Å². The maximum absolute atomic E-state index is 13.3. The van der Waals surface area contributed by atoms with Crippen LogP contribution in [0.4, 0.5) is 28.0 Å². The van der Waals surface area contributed by atoms with Crippen molar-refractivity contribution in [3.8, 4) is 0 Å². The monoisotopic (exact) mass is 326 g/mol. The van der Waals surface area contributed by atoms with Gasteiger partial charge in [-0.15, -0.1) is 0 Å². The standard InChI is InChI=1S/C11H10F4N2O3S/c12-6-2-1-3-7(8(6)9(18)19)17-10(20)16-4-5-21-11(13,14)15/h1-3H,4-5H2,(H,18,19)(H2,16,17,20). The van der Waals surface area contributed by atoms with Crippen LogP contribution in [-0.2, 0) is 0 Å². The SMILES string of the molecule is O=C(NCCSC(F)(F)F)Nc1cccc(F)c1C(=O)O. The van der Waals surface area contributed by atoms with E-state index in [-0.39, 0.29) is 24.0 Å². The molecule has 5 nitrogen and oxygen atoms in total. The Balaban J connectivity index is 2.56. The second kappa shape index (κ2) is 7.16. The molecule has 0 aliphatic carbocycles. The van der Waals surface area contributed by atoms with Crippen LogP contribution in [0.25, 0.3) is 0 Å². The number of halogens is 4. The van der Waals surface area contributed by atoms with Gasteiger partial charge in [-0.3, -0.25) is 0 Å². The first-order valence-electron chi connectivity index (χ1n) is 5.48. The Morgan fingerprint density at radius 1 is 1.29 bits per heavy atom. The molecule has 3 N–H and O–H groups in total. The van der Waals surface area contributed by atoms with Crippen molar-refractivity contribution in [2.24, 2.45) is 0 Å². The minimum absolute atomic E-state index is 0.284. The quantitative estimate of drug-likeness (QED) is 0.574. The van der Waals surface area contributed by atoms with Gasteiger partial charge in [-0.25, -0.2) is 14.0 Å².